The highest BCUT2D eigenvalue weighted by Gasteiger charge is 2.23. The number of hydrogen-bond acceptors (Lipinski definition) is 4. The third-order valence-electron chi connectivity index (χ3n) is 2.44. The Morgan fingerprint density at radius 1 is 1.64 bits per heavy atom. The summed E-state index contributed by atoms with van der Waals surface area (Å²) < 4.78 is 5.79. The van der Waals surface area contributed by atoms with Crippen LogP contribution >= 0.6 is 11.3 Å². The van der Waals surface area contributed by atoms with E-state index in [9.17, 15) is 0 Å². The van der Waals surface area contributed by atoms with Gasteiger partial charge in [-0.25, -0.2) is 0 Å². The van der Waals surface area contributed by atoms with E-state index in [1.165, 1.54) is 0 Å². The minimum atomic E-state index is 0.106. The Morgan fingerprint density at radius 3 is 3.14 bits per heavy atom. The molecule has 0 aromatic carbocycles. The van der Waals surface area contributed by atoms with Crippen molar-refractivity contribution in [2.75, 3.05) is 0 Å². The van der Waals surface area contributed by atoms with E-state index in [-0.39, 0.29) is 12.1 Å². The van der Waals surface area contributed by atoms with Crippen molar-refractivity contribution in [3.05, 3.63) is 16.3 Å². The fraction of sp³-hybridized carbons (Fsp3) is 0.500. The van der Waals surface area contributed by atoms with Crippen LogP contribution in [0, 0.1) is 0 Å². The topological polar surface area (TPSA) is 47.6 Å². The number of rotatable bonds is 1. The summed E-state index contributed by atoms with van der Waals surface area (Å²) in [5.41, 5.74) is 5.90. The minimum Gasteiger partial charge on any atom is -0.487 e. The van der Waals surface area contributed by atoms with Crippen LogP contribution in [0.2, 0.25) is 0 Å². The van der Waals surface area contributed by atoms with Crippen LogP contribution in [0.5, 0.6) is 5.75 Å². The molecular formula is C10H14N2OS. The van der Waals surface area contributed by atoms with Crippen molar-refractivity contribution in [1.82, 2.24) is 0 Å². The normalized spacial score (nSPS) is 26.0. The fourth-order valence-electron chi connectivity index (χ4n) is 1.62. The van der Waals surface area contributed by atoms with Crippen LogP contribution < -0.4 is 10.5 Å². The maximum absolute atomic E-state index is 5.90. The van der Waals surface area contributed by atoms with Gasteiger partial charge in [0.25, 0.3) is 0 Å². The lowest BCUT2D eigenvalue weighted by atomic mass is 10.1. The highest BCUT2D eigenvalue weighted by Crippen LogP contribution is 2.29. The predicted octanol–water partition coefficient (Wildman–Crippen LogP) is 2.01. The highest BCUT2D eigenvalue weighted by atomic mass is 32.1. The number of hydrogen-bond donors (Lipinski definition) is 1. The molecule has 1 aromatic heterocycles. The Bertz CT molecular complexity index is 359. The first-order valence-corrected chi connectivity index (χ1v) is 5.68. The van der Waals surface area contributed by atoms with E-state index < -0.39 is 0 Å². The molecule has 1 aromatic rings. The van der Waals surface area contributed by atoms with Gasteiger partial charge in [-0.15, -0.1) is 11.3 Å². The molecule has 76 valence electrons. The van der Waals surface area contributed by atoms with Crippen molar-refractivity contribution in [1.29, 1.82) is 0 Å². The van der Waals surface area contributed by atoms with E-state index in [2.05, 4.69) is 11.9 Å². The zero-order valence-electron chi connectivity index (χ0n) is 8.36. The molecule has 0 aliphatic carbocycles. The summed E-state index contributed by atoms with van der Waals surface area (Å²) in [6.45, 7) is 4.14. The molecule has 0 amide bonds. The quantitative estimate of drug-likeness (QED) is 0.770. The summed E-state index contributed by atoms with van der Waals surface area (Å²) in [6, 6.07) is 2.13. The number of amidine groups is 1. The lowest BCUT2D eigenvalue weighted by molar-refractivity contribution is 0.191. The van der Waals surface area contributed by atoms with E-state index in [0.29, 0.717) is 5.84 Å². The van der Waals surface area contributed by atoms with Gasteiger partial charge in [-0.05, 0) is 24.8 Å². The van der Waals surface area contributed by atoms with Crippen molar-refractivity contribution in [2.45, 2.75) is 32.4 Å². The fourth-order valence-corrected chi connectivity index (χ4v) is 2.35. The largest absolute Gasteiger partial charge is 0.487 e. The molecule has 0 fully saturated rings. The highest BCUT2D eigenvalue weighted by molar-refractivity contribution is 7.12. The first-order valence-electron chi connectivity index (χ1n) is 4.80. The third kappa shape index (κ3) is 1.50. The average Bonchev–Trinajstić information content (AvgIpc) is 2.57. The van der Waals surface area contributed by atoms with Crippen molar-refractivity contribution in [3.8, 4) is 5.75 Å². The van der Waals surface area contributed by atoms with Gasteiger partial charge in [0.05, 0.1) is 6.04 Å². The number of thiophene rings is 1. The van der Waals surface area contributed by atoms with Gasteiger partial charge in [-0.2, -0.15) is 0 Å². The van der Waals surface area contributed by atoms with Gasteiger partial charge >= 0.3 is 0 Å². The standard InChI is InChI=1S/C10H14N2OS/c1-3-7-6(2)13-8-4-5-14-9(8)10(11)12-7/h4-7H,3H2,1-2H3,(H2,11,12)/t6-,7-/m0/s1. The Morgan fingerprint density at radius 2 is 2.43 bits per heavy atom. The molecule has 3 nitrogen and oxygen atoms in total. The molecule has 0 radical (unpaired) electrons. The third-order valence-corrected chi connectivity index (χ3v) is 3.36. The minimum absolute atomic E-state index is 0.106. The van der Waals surface area contributed by atoms with Crippen molar-refractivity contribution < 1.29 is 4.74 Å². The predicted molar refractivity (Wildman–Crippen MR) is 59.2 cm³/mol. The van der Waals surface area contributed by atoms with E-state index in [0.717, 1.165) is 17.0 Å². The van der Waals surface area contributed by atoms with Gasteiger partial charge in [0.15, 0.2) is 0 Å². The Balaban J connectivity index is 2.40. The molecule has 2 N–H and O–H groups in total. The van der Waals surface area contributed by atoms with Crippen LogP contribution in [0.25, 0.3) is 0 Å². The summed E-state index contributed by atoms with van der Waals surface area (Å²) in [7, 11) is 0. The second-order valence-corrected chi connectivity index (χ2v) is 4.34. The van der Waals surface area contributed by atoms with Crippen LogP contribution in [0.4, 0.5) is 0 Å². The Kier molecular flexibility index (Phi) is 2.46. The molecule has 0 bridgehead atoms. The first kappa shape index (κ1) is 9.52. The second kappa shape index (κ2) is 3.61. The molecule has 2 rings (SSSR count). The zero-order valence-corrected chi connectivity index (χ0v) is 9.17. The number of fused-ring (bicyclic) bond motifs is 1. The van der Waals surface area contributed by atoms with Crippen molar-refractivity contribution in [2.24, 2.45) is 10.7 Å². The molecule has 0 unspecified atom stereocenters. The molecule has 1 aliphatic heterocycles. The van der Waals surface area contributed by atoms with Crippen LogP contribution in [-0.2, 0) is 0 Å². The van der Waals surface area contributed by atoms with E-state index in [4.69, 9.17) is 10.5 Å². The molecule has 0 saturated carbocycles. The molecule has 2 heterocycles. The van der Waals surface area contributed by atoms with Crippen molar-refractivity contribution >= 4 is 17.2 Å². The maximum Gasteiger partial charge on any atom is 0.141 e. The first-order chi connectivity index (χ1) is 6.72. The van der Waals surface area contributed by atoms with Crippen LogP contribution in [0.15, 0.2) is 16.4 Å². The van der Waals surface area contributed by atoms with Crippen LogP contribution in [-0.4, -0.2) is 18.0 Å². The number of nitrogens with two attached hydrogens (primary N) is 1. The molecule has 0 saturated heterocycles. The molecule has 1 aliphatic rings. The van der Waals surface area contributed by atoms with Gasteiger partial charge in [-0.1, -0.05) is 6.92 Å². The lowest BCUT2D eigenvalue weighted by Crippen LogP contribution is -2.26. The lowest BCUT2D eigenvalue weighted by Gasteiger charge is -2.17. The van der Waals surface area contributed by atoms with E-state index in [1.54, 1.807) is 11.3 Å². The Labute approximate surface area is 87.6 Å². The van der Waals surface area contributed by atoms with E-state index in [1.807, 2.05) is 18.4 Å². The zero-order chi connectivity index (χ0) is 10.1. The monoisotopic (exact) mass is 210 g/mol. The summed E-state index contributed by atoms with van der Waals surface area (Å²) in [5, 5.41) is 1.98. The van der Waals surface area contributed by atoms with Gasteiger partial charge in [0, 0.05) is 0 Å². The average molecular weight is 210 g/mol. The molecular weight excluding hydrogens is 196 g/mol. The maximum atomic E-state index is 5.90. The molecule has 0 spiro atoms. The molecule has 14 heavy (non-hydrogen) atoms. The van der Waals surface area contributed by atoms with Crippen LogP contribution in [0.1, 0.15) is 25.1 Å². The van der Waals surface area contributed by atoms with Gasteiger partial charge in [0.2, 0.25) is 0 Å². The summed E-state index contributed by atoms with van der Waals surface area (Å²) in [5.74, 6) is 1.49. The van der Waals surface area contributed by atoms with Gasteiger partial charge in [0.1, 0.15) is 22.6 Å². The molecule has 4 heteroatoms. The SMILES string of the molecule is CC[C@@H]1N=C(N)c2sccc2O[C@H]1C. The summed E-state index contributed by atoms with van der Waals surface area (Å²) >= 11 is 1.58. The van der Waals surface area contributed by atoms with Gasteiger partial charge in [-0.3, -0.25) is 4.99 Å². The Hall–Kier alpha value is -1.03. The summed E-state index contributed by atoms with van der Waals surface area (Å²) in [6.07, 6.45) is 1.06. The number of aliphatic imine (C=N–C) groups is 1. The second-order valence-electron chi connectivity index (χ2n) is 3.43. The van der Waals surface area contributed by atoms with Crippen LogP contribution in [0.3, 0.4) is 0 Å². The van der Waals surface area contributed by atoms with Crippen molar-refractivity contribution in [3.63, 3.8) is 0 Å². The smallest absolute Gasteiger partial charge is 0.141 e. The molecule has 2 atom stereocenters. The summed E-state index contributed by atoms with van der Waals surface area (Å²) in [4.78, 5) is 5.43. The van der Waals surface area contributed by atoms with E-state index >= 15 is 0 Å². The van der Waals surface area contributed by atoms with Gasteiger partial charge < -0.3 is 10.5 Å². The number of nitrogens with zero attached hydrogens (tertiary/aromatic N) is 1. The number of ether oxygens (including phenoxy) is 1.